The molecular formula is C24H23N5O6S. The summed E-state index contributed by atoms with van der Waals surface area (Å²) in [5.41, 5.74) is 0.447. The summed E-state index contributed by atoms with van der Waals surface area (Å²) in [4.78, 5) is 22.7. The molecule has 12 heteroatoms. The second-order valence-electron chi connectivity index (χ2n) is 7.23. The van der Waals surface area contributed by atoms with Crippen LogP contribution in [0, 0.1) is 21.4 Å². The largest absolute Gasteiger partial charge is 0.493 e. The molecule has 1 amide bonds. The van der Waals surface area contributed by atoms with Crippen molar-refractivity contribution in [1.82, 2.24) is 10.2 Å². The zero-order valence-corrected chi connectivity index (χ0v) is 20.4. The highest BCUT2D eigenvalue weighted by Crippen LogP contribution is 2.29. The van der Waals surface area contributed by atoms with Crippen LogP contribution in [0.25, 0.3) is 6.08 Å². The van der Waals surface area contributed by atoms with E-state index in [2.05, 4.69) is 15.5 Å². The second-order valence-corrected chi connectivity index (χ2v) is 8.30. The molecule has 186 valence electrons. The van der Waals surface area contributed by atoms with Gasteiger partial charge in [0, 0.05) is 18.6 Å². The topological polar surface area (TPSA) is 150 Å². The molecule has 0 radical (unpaired) electrons. The number of aryl methyl sites for hydroxylation is 1. The van der Waals surface area contributed by atoms with Gasteiger partial charge in [0.15, 0.2) is 11.5 Å². The van der Waals surface area contributed by atoms with E-state index in [9.17, 15) is 20.2 Å². The summed E-state index contributed by atoms with van der Waals surface area (Å²) in [6.45, 7) is 2.42. The Bertz CT molecular complexity index is 1280. The minimum absolute atomic E-state index is 0.0178. The quantitative estimate of drug-likeness (QED) is 0.123. The third-order valence-corrected chi connectivity index (χ3v) is 5.57. The van der Waals surface area contributed by atoms with Crippen LogP contribution in [0.3, 0.4) is 0 Å². The van der Waals surface area contributed by atoms with Crippen LogP contribution in [0.15, 0.2) is 48.0 Å². The number of nitrogens with one attached hydrogen (secondary N) is 1. The molecule has 2 aromatic carbocycles. The molecule has 0 unspecified atom stereocenters. The smallest absolute Gasteiger partial charge is 0.269 e. The number of nitro benzene ring substituents is 1. The van der Waals surface area contributed by atoms with Crippen molar-refractivity contribution in [2.45, 2.75) is 19.8 Å². The Morgan fingerprint density at radius 2 is 1.92 bits per heavy atom. The van der Waals surface area contributed by atoms with Gasteiger partial charge in [0.25, 0.3) is 11.6 Å². The van der Waals surface area contributed by atoms with E-state index < -0.39 is 10.8 Å². The summed E-state index contributed by atoms with van der Waals surface area (Å²) in [6.07, 6.45) is 3.12. The molecule has 1 aromatic heterocycles. The fourth-order valence-electron chi connectivity index (χ4n) is 2.97. The molecule has 0 aliphatic heterocycles. The molecule has 0 aliphatic rings. The van der Waals surface area contributed by atoms with Crippen LogP contribution < -0.4 is 19.5 Å². The number of benzene rings is 2. The standard InChI is InChI=1S/C24H23N5O6S/c1-3-4-22-27-28-24(36-22)26-23(30)17(15-25)13-16-5-10-20(21(14-16)33-2)35-12-11-34-19-8-6-18(7-9-19)29(31)32/h5-10,13-14H,3-4,11-12H2,1-2H3,(H,26,28,30)/b17-13-. The molecule has 1 heterocycles. The number of nitriles is 1. The average Bonchev–Trinajstić information content (AvgIpc) is 3.32. The van der Waals surface area contributed by atoms with Crippen LogP contribution in [0.2, 0.25) is 0 Å². The maximum atomic E-state index is 12.5. The number of rotatable bonds is 12. The van der Waals surface area contributed by atoms with Gasteiger partial charge in [0.1, 0.15) is 35.6 Å². The predicted octanol–water partition coefficient (Wildman–Crippen LogP) is 4.41. The van der Waals surface area contributed by atoms with E-state index in [1.54, 1.807) is 18.2 Å². The third-order valence-electron chi connectivity index (χ3n) is 4.67. The highest BCUT2D eigenvalue weighted by Gasteiger charge is 2.14. The van der Waals surface area contributed by atoms with Crippen molar-refractivity contribution >= 4 is 34.1 Å². The van der Waals surface area contributed by atoms with E-state index in [-0.39, 0.29) is 24.5 Å². The molecule has 0 atom stereocenters. The molecule has 0 spiro atoms. The Hall–Kier alpha value is -4.50. The maximum Gasteiger partial charge on any atom is 0.269 e. The first-order valence-corrected chi connectivity index (χ1v) is 11.7. The van der Waals surface area contributed by atoms with Gasteiger partial charge in [-0.1, -0.05) is 24.3 Å². The van der Waals surface area contributed by atoms with E-state index >= 15 is 0 Å². The first-order valence-electron chi connectivity index (χ1n) is 10.9. The number of carbonyl (C=O) groups is 1. The SMILES string of the molecule is CCCc1nnc(NC(=O)/C(C#N)=C\c2ccc(OCCOc3ccc([N+](=O)[O-])cc3)c(OC)c2)s1. The molecule has 3 aromatic rings. The van der Waals surface area contributed by atoms with Gasteiger partial charge in [-0.25, -0.2) is 0 Å². The molecule has 3 rings (SSSR count). The lowest BCUT2D eigenvalue weighted by molar-refractivity contribution is -0.384. The van der Waals surface area contributed by atoms with Crippen LogP contribution in [0.1, 0.15) is 23.9 Å². The van der Waals surface area contributed by atoms with Crippen LogP contribution in [0.5, 0.6) is 17.2 Å². The normalized spacial score (nSPS) is 10.9. The highest BCUT2D eigenvalue weighted by molar-refractivity contribution is 7.15. The van der Waals surface area contributed by atoms with Crippen molar-refractivity contribution in [1.29, 1.82) is 5.26 Å². The summed E-state index contributed by atoms with van der Waals surface area (Å²) in [7, 11) is 1.48. The van der Waals surface area contributed by atoms with Crippen molar-refractivity contribution in [3.63, 3.8) is 0 Å². The van der Waals surface area contributed by atoms with Gasteiger partial charge < -0.3 is 14.2 Å². The number of methoxy groups -OCH3 is 1. The van der Waals surface area contributed by atoms with Gasteiger partial charge in [-0.05, 0) is 42.3 Å². The minimum Gasteiger partial charge on any atom is -0.493 e. The van der Waals surface area contributed by atoms with Crippen molar-refractivity contribution in [3.8, 4) is 23.3 Å². The first kappa shape index (κ1) is 26.1. The van der Waals surface area contributed by atoms with E-state index in [4.69, 9.17) is 14.2 Å². The molecule has 11 nitrogen and oxygen atoms in total. The number of nitrogens with zero attached hydrogens (tertiary/aromatic N) is 4. The Morgan fingerprint density at radius 1 is 1.17 bits per heavy atom. The van der Waals surface area contributed by atoms with Crippen molar-refractivity contribution in [2.75, 3.05) is 25.6 Å². The maximum absolute atomic E-state index is 12.5. The molecule has 0 fully saturated rings. The number of anilines is 1. The van der Waals surface area contributed by atoms with Gasteiger partial charge in [0.05, 0.1) is 12.0 Å². The van der Waals surface area contributed by atoms with E-state index in [0.29, 0.717) is 27.9 Å². The van der Waals surface area contributed by atoms with Crippen molar-refractivity contribution in [3.05, 3.63) is 68.7 Å². The first-order chi connectivity index (χ1) is 17.4. The van der Waals surface area contributed by atoms with Crippen molar-refractivity contribution in [2.24, 2.45) is 0 Å². The van der Waals surface area contributed by atoms with Crippen LogP contribution in [-0.4, -0.2) is 41.4 Å². The Kier molecular flexibility index (Phi) is 9.30. The van der Waals surface area contributed by atoms with Gasteiger partial charge in [0.2, 0.25) is 5.13 Å². The number of hydrogen-bond acceptors (Lipinski definition) is 10. The fourth-order valence-corrected chi connectivity index (χ4v) is 3.80. The Labute approximate surface area is 211 Å². The number of amides is 1. The lowest BCUT2D eigenvalue weighted by atomic mass is 10.1. The number of nitro groups is 1. The molecule has 0 aliphatic carbocycles. The summed E-state index contributed by atoms with van der Waals surface area (Å²) in [5.74, 6) is 0.751. The lowest BCUT2D eigenvalue weighted by Crippen LogP contribution is -2.13. The van der Waals surface area contributed by atoms with Gasteiger partial charge >= 0.3 is 0 Å². The zero-order chi connectivity index (χ0) is 25.9. The minimum atomic E-state index is -0.584. The Morgan fingerprint density at radius 3 is 2.58 bits per heavy atom. The molecule has 0 bridgehead atoms. The number of ether oxygens (including phenoxy) is 3. The van der Waals surface area contributed by atoms with Crippen molar-refractivity contribution < 1.29 is 23.9 Å². The van der Waals surface area contributed by atoms with Crippen LogP contribution in [0.4, 0.5) is 10.8 Å². The monoisotopic (exact) mass is 509 g/mol. The number of non-ortho nitro benzene ring substituents is 1. The van der Waals surface area contributed by atoms with Gasteiger partial charge in [-0.15, -0.1) is 10.2 Å². The molecule has 1 N–H and O–H groups in total. The highest BCUT2D eigenvalue weighted by atomic mass is 32.1. The average molecular weight is 510 g/mol. The second kappa shape index (κ2) is 12.8. The van der Waals surface area contributed by atoms with E-state index in [1.165, 1.54) is 48.8 Å². The number of aromatic nitrogens is 2. The summed E-state index contributed by atoms with van der Waals surface area (Å²) in [6, 6.07) is 12.6. The predicted molar refractivity (Wildman–Crippen MR) is 133 cm³/mol. The van der Waals surface area contributed by atoms with Crippen LogP contribution >= 0.6 is 11.3 Å². The van der Waals surface area contributed by atoms with E-state index in [1.807, 2.05) is 13.0 Å². The Balaban J connectivity index is 1.59. The molecule has 0 saturated heterocycles. The zero-order valence-electron chi connectivity index (χ0n) is 19.6. The molecular weight excluding hydrogens is 486 g/mol. The van der Waals surface area contributed by atoms with Gasteiger partial charge in [-0.2, -0.15) is 5.26 Å². The molecule has 36 heavy (non-hydrogen) atoms. The summed E-state index contributed by atoms with van der Waals surface area (Å²) >= 11 is 1.27. The third kappa shape index (κ3) is 7.25. The van der Waals surface area contributed by atoms with Gasteiger partial charge in [-0.3, -0.25) is 20.2 Å². The van der Waals surface area contributed by atoms with Crippen LogP contribution in [-0.2, 0) is 11.2 Å². The molecule has 0 saturated carbocycles. The number of carbonyl (C=O) groups excluding carboxylic acids is 1. The lowest BCUT2D eigenvalue weighted by Gasteiger charge is -2.12. The van der Waals surface area contributed by atoms with E-state index in [0.717, 1.165) is 17.8 Å². The summed E-state index contributed by atoms with van der Waals surface area (Å²) in [5, 5.41) is 31.9. The summed E-state index contributed by atoms with van der Waals surface area (Å²) < 4.78 is 16.6. The number of hydrogen-bond donors (Lipinski definition) is 1. The fraction of sp³-hybridized carbons (Fsp3) is 0.250.